The van der Waals surface area contributed by atoms with E-state index in [9.17, 15) is 14.6 Å². The Morgan fingerprint density at radius 2 is 0.778 bits per heavy atom. The van der Waals surface area contributed by atoms with Gasteiger partial charge in [-0.3, -0.25) is 4.57 Å². The standard InChI is InChI=1S/C21H54O6Si5.C6H19O4PSi2/c1-28(2,3)23-17-19(25-30(7,8)9)21(27-32(13,14)15)20(26-31(10,11)12)18(16-22)24-29(4,5)6;1-12(2,3)9-11(7,8)10-13(4,5)6/h18-22H,16-17H2,1-15H3;1-6H3,(H,7,8)/p-1/t18-,19+,20+,21+;/m0./s1. The van der Waals surface area contributed by atoms with E-state index in [4.69, 9.17) is 30.6 Å². The molecular weight excluding hydrogens is 712 g/mol. The third-order valence-corrected chi connectivity index (χ3v) is 15.9. The first-order chi connectivity index (χ1) is 19.3. The van der Waals surface area contributed by atoms with E-state index in [2.05, 4.69) is 98.2 Å². The summed E-state index contributed by atoms with van der Waals surface area (Å²) in [5, 5.41) is 10.4. The molecule has 0 radical (unpaired) electrons. The van der Waals surface area contributed by atoms with Crippen LogP contribution in [0.2, 0.25) is 137 Å². The monoisotopic (exact) mass is 783 g/mol. The minimum Gasteiger partial charge on any atom is -0.757 e. The van der Waals surface area contributed by atoms with Gasteiger partial charge < -0.3 is 40.6 Å². The van der Waals surface area contributed by atoms with Crippen molar-refractivity contribution in [2.75, 3.05) is 13.2 Å². The summed E-state index contributed by atoms with van der Waals surface area (Å²) in [7, 11) is -17.8. The average Bonchev–Trinajstić information content (AvgIpc) is 2.65. The molecule has 0 fully saturated rings. The largest absolute Gasteiger partial charge is 0.757 e. The van der Waals surface area contributed by atoms with Crippen LogP contribution in [0.4, 0.5) is 0 Å². The zero-order chi connectivity index (χ0) is 36.7. The first-order valence-corrected chi connectivity index (χ1v) is 41.3. The van der Waals surface area contributed by atoms with Gasteiger partial charge in [0.2, 0.25) is 7.82 Å². The Hall–Kier alpha value is 1.39. The summed E-state index contributed by atoms with van der Waals surface area (Å²) in [6.07, 6.45) is -1.53. The van der Waals surface area contributed by atoms with Crippen molar-refractivity contribution in [2.45, 2.75) is 162 Å². The molecule has 0 heterocycles. The van der Waals surface area contributed by atoms with Gasteiger partial charge in [0.05, 0.1) is 37.6 Å². The van der Waals surface area contributed by atoms with Crippen LogP contribution in [0.25, 0.3) is 0 Å². The first kappa shape index (κ1) is 48.5. The Kier molecular flexibility index (Phi) is 19.5. The maximum absolute atomic E-state index is 11.3. The normalized spacial score (nSPS) is 17.3. The molecule has 0 saturated carbocycles. The molecule has 0 aromatic rings. The zero-order valence-corrected chi connectivity index (χ0v) is 40.7. The lowest BCUT2D eigenvalue weighted by atomic mass is 10.0. The van der Waals surface area contributed by atoms with Crippen LogP contribution in [0, 0.1) is 0 Å². The lowest BCUT2D eigenvalue weighted by Gasteiger charge is -2.45. The minimum absolute atomic E-state index is 0.112. The number of rotatable bonds is 19. The van der Waals surface area contributed by atoms with Crippen LogP contribution in [0.1, 0.15) is 0 Å². The molecule has 0 spiro atoms. The van der Waals surface area contributed by atoms with Crippen molar-refractivity contribution in [3.05, 3.63) is 0 Å². The summed E-state index contributed by atoms with van der Waals surface area (Å²) in [5.74, 6) is 0. The fourth-order valence-electron chi connectivity index (χ4n) is 3.86. The van der Waals surface area contributed by atoms with E-state index < -0.39 is 78.3 Å². The van der Waals surface area contributed by atoms with E-state index in [1.807, 2.05) is 39.3 Å². The predicted molar refractivity (Wildman–Crippen MR) is 206 cm³/mol. The number of aliphatic hydroxyl groups is 1. The minimum atomic E-state index is -4.06. The molecule has 0 saturated heterocycles. The van der Waals surface area contributed by atoms with Crippen molar-refractivity contribution in [2.24, 2.45) is 0 Å². The Morgan fingerprint density at radius 3 is 1.02 bits per heavy atom. The van der Waals surface area contributed by atoms with Gasteiger partial charge in [-0.25, -0.2) is 0 Å². The topological polar surface area (TPSA) is 125 Å². The van der Waals surface area contributed by atoms with E-state index in [0.717, 1.165) is 0 Å². The van der Waals surface area contributed by atoms with E-state index >= 15 is 0 Å². The van der Waals surface area contributed by atoms with Crippen molar-refractivity contribution < 1.29 is 45.1 Å². The zero-order valence-electron chi connectivity index (χ0n) is 32.8. The SMILES string of the molecule is C[Si](C)(C)OC[C@@H](O[Si](C)(C)C)[C@@H](O[Si](C)(C)C)[C@H](O[Si](C)(C)C)[C@H](CO)O[Si](C)(C)C.C[Si](C)(C)OP(=O)([O-])O[Si](C)(C)C. The van der Waals surface area contributed by atoms with Crippen LogP contribution in [0.5, 0.6) is 0 Å². The summed E-state index contributed by atoms with van der Waals surface area (Å²) < 4.78 is 54.3. The van der Waals surface area contributed by atoms with Gasteiger partial charge in [-0.2, -0.15) is 0 Å². The van der Waals surface area contributed by atoms with Gasteiger partial charge in [-0.05, 0) is 137 Å². The molecular formula is C27H72O10PSi7-. The molecule has 274 valence electrons. The molecule has 0 bridgehead atoms. The molecule has 0 aromatic carbocycles. The second kappa shape index (κ2) is 18.1. The molecule has 0 aliphatic rings. The summed E-state index contributed by atoms with van der Waals surface area (Å²) in [6, 6.07) is 0. The highest BCUT2D eigenvalue weighted by Gasteiger charge is 2.44. The van der Waals surface area contributed by atoms with Crippen LogP contribution in [-0.2, 0) is 35.1 Å². The maximum Gasteiger partial charge on any atom is 0.248 e. The van der Waals surface area contributed by atoms with Crippen molar-refractivity contribution in [3.63, 3.8) is 0 Å². The molecule has 0 aromatic heterocycles. The van der Waals surface area contributed by atoms with Crippen LogP contribution < -0.4 is 4.89 Å². The summed E-state index contributed by atoms with van der Waals surface area (Å²) in [4.78, 5) is 11.3. The fourth-order valence-corrected chi connectivity index (χ4v) is 14.8. The second-order valence-corrected chi connectivity index (χ2v) is 51.5. The molecule has 4 atom stereocenters. The quantitative estimate of drug-likeness (QED) is 0.102. The summed E-state index contributed by atoms with van der Waals surface area (Å²) in [6.45, 7) is 43.8. The van der Waals surface area contributed by atoms with Crippen molar-refractivity contribution in [1.29, 1.82) is 0 Å². The fraction of sp³-hybridized carbons (Fsp3) is 1.00. The number of aliphatic hydroxyl groups excluding tert-OH is 1. The van der Waals surface area contributed by atoms with E-state index in [1.165, 1.54) is 0 Å². The molecule has 1 N–H and O–H groups in total. The Bertz CT molecular complexity index is 877. The highest BCUT2D eigenvalue weighted by atomic mass is 31.2. The van der Waals surface area contributed by atoms with Gasteiger partial charge in [-0.15, -0.1) is 0 Å². The van der Waals surface area contributed by atoms with E-state index in [1.54, 1.807) is 0 Å². The Morgan fingerprint density at radius 1 is 0.489 bits per heavy atom. The predicted octanol–water partition coefficient (Wildman–Crippen LogP) is 7.87. The van der Waals surface area contributed by atoms with Gasteiger partial charge in [0.15, 0.2) is 58.2 Å². The van der Waals surface area contributed by atoms with Crippen molar-refractivity contribution >= 4 is 66.0 Å². The number of hydrogen-bond acceptors (Lipinski definition) is 10. The van der Waals surface area contributed by atoms with Gasteiger partial charge >= 0.3 is 0 Å². The molecule has 0 aliphatic heterocycles. The maximum atomic E-state index is 11.3. The molecule has 45 heavy (non-hydrogen) atoms. The first-order valence-electron chi connectivity index (χ1n) is 16.0. The van der Waals surface area contributed by atoms with Gasteiger partial charge in [0.25, 0.3) is 0 Å². The third kappa shape index (κ3) is 30.0. The molecule has 18 heteroatoms. The lowest BCUT2D eigenvalue weighted by molar-refractivity contribution is -0.210. The van der Waals surface area contributed by atoms with Crippen molar-refractivity contribution in [1.82, 2.24) is 0 Å². The van der Waals surface area contributed by atoms with Crippen LogP contribution >= 0.6 is 7.82 Å². The van der Waals surface area contributed by atoms with Crippen LogP contribution in [0.15, 0.2) is 0 Å². The van der Waals surface area contributed by atoms with Crippen molar-refractivity contribution in [3.8, 4) is 0 Å². The summed E-state index contributed by atoms with van der Waals surface area (Å²) >= 11 is 0. The molecule has 0 unspecified atom stereocenters. The number of phosphoric acid groups is 1. The van der Waals surface area contributed by atoms with Gasteiger partial charge in [0.1, 0.15) is 0 Å². The summed E-state index contributed by atoms with van der Waals surface area (Å²) in [5.41, 5.74) is 0. The highest BCUT2D eigenvalue weighted by molar-refractivity contribution is 7.49. The molecule has 10 nitrogen and oxygen atoms in total. The Balaban J connectivity index is 0. The van der Waals surface area contributed by atoms with Crippen LogP contribution in [-0.4, -0.2) is 101 Å². The Labute approximate surface area is 285 Å². The van der Waals surface area contributed by atoms with Gasteiger partial charge in [-0.1, -0.05) is 0 Å². The smallest absolute Gasteiger partial charge is 0.248 e. The number of hydrogen-bond donors (Lipinski definition) is 1. The van der Waals surface area contributed by atoms with E-state index in [0.29, 0.717) is 6.61 Å². The molecule has 0 amide bonds. The van der Waals surface area contributed by atoms with E-state index in [-0.39, 0.29) is 18.8 Å². The molecule has 0 rings (SSSR count). The van der Waals surface area contributed by atoms with Crippen LogP contribution in [0.3, 0.4) is 0 Å². The third-order valence-electron chi connectivity index (χ3n) is 4.68. The highest BCUT2D eigenvalue weighted by Crippen LogP contribution is 2.44. The van der Waals surface area contributed by atoms with Gasteiger partial charge in [0, 0.05) is 0 Å². The average molecular weight is 784 g/mol. The molecule has 0 aliphatic carbocycles. The second-order valence-electron chi connectivity index (χ2n) is 18.4. The lowest BCUT2D eigenvalue weighted by Crippen LogP contribution is -2.60.